The molecule has 140 valence electrons. The number of rotatable bonds is 5. The van der Waals surface area contributed by atoms with Gasteiger partial charge in [0.1, 0.15) is 6.04 Å². The van der Waals surface area contributed by atoms with Gasteiger partial charge >= 0.3 is 0 Å². The minimum atomic E-state index is -3.72. The maximum atomic E-state index is 12.9. The molecule has 0 bridgehead atoms. The van der Waals surface area contributed by atoms with Crippen LogP contribution in [0.15, 0.2) is 53.4 Å². The Bertz CT molecular complexity index is 961. The normalized spacial score (nSPS) is 17.4. The summed E-state index contributed by atoms with van der Waals surface area (Å²) in [5.74, 6) is -0.337. The van der Waals surface area contributed by atoms with Crippen molar-refractivity contribution in [3.05, 3.63) is 59.7 Å². The maximum absolute atomic E-state index is 12.9. The van der Waals surface area contributed by atoms with Crippen molar-refractivity contribution >= 4 is 21.6 Å². The highest BCUT2D eigenvalue weighted by atomic mass is 32.2. The molecule has 2 aromatic rings. The van der Waals surface area contributed by atoms with Gasteiger partial charge in [0.25, 0.3) is 0 Å². The van der Waals surface area contributed by atoms with Crippen molar-refractivity contribution in [1.29, 1.82) is 5.26 Å². The Morgan fingerprint density at radius 2 is 1.85 bits per heavy atom. The van der Waals surface area contributed by atoms with E-state index in [0.29, 0.717) is 31.5 Å². The van der Waals surface area contributed by atoms with E-state index in [1.165, 1.54) is 4.31 Å². The summed E-state index contributed by atoms with van der Waals surface area (Å²) in [4.78, 5) is 12.9. The zero-order valence-electron chi connectivity index (χ0n) is 15.1. The third kappa shape index (κ3) is 4.18. The van der Waals surface area contributed by atoms with Crippen LogP contribution in [-0.2, 0) is 21.2 Å². The maximum Gasteiger partial charge on any atom is 0.243 e. The van der Waals surface area contributed by atoms with E-state index in [9.17, 15) is 13.2 Å². The summed E-state index contributed by atoms with van der Waals surface area (Å²) in [7, 11) is -3.72. The second-order valence-corrected chi connectivity index (χ2v) is 8.50. The van der Waals surface area contributed by atoms with Crippen LogP contribution in [0, 0.1) is 18.3 Å². The van der Waals surface area contributed by atoms with Crippen LogP contribution < -0.4 is 5.32 Å². The molecule has 1 heterocycles. The molecule has 0 radical (unpaired) electrons. The Morgan fingerprint density at radius 3 is 2.48 bits per heavy atom. The molecule has 6 nitrogen and oxygen atoms in total. The predicted molar refractivity (Wildman–Crippen MR) is 102 cm³/mol. The summed E-state index contributed by atoms with van der Waals surface area (Å²) < 4.78 is 27.2. The molecular formula is C20H21N3O3S. The first-order valence-corrected chi connectivity index (χ1v) is 10.2. The van der Waals surface area contributed by atoms with Gasteiger partial charge in [-0.15, -0.1) is 0 Å². The molecule has 3 rings (SSSR count). The van der Waals surface area contributed by atoms with Crippen LogP contribution in [-0.4, -0.2) is 31.2 Å². The van der Waals surface area contributed by atoms with Crippen molar-refractivity contribution in [2.75, 3.05) is 11.9 Å². The number of nitrogens with one attached hydrogen (secondary N) is 1. The minimum Gasteiger partial charge on any atom is -0.325 e. The lowest BCUT2D eigenvalue weighted by Gasteiger charge is -2.23. The van der Waals surface area contributed by atoms with Gasteiger partial charge < -0.3 is 5.32 Å². The molecule has 1 atom stereocenters. The number of nitriles is 1. The Balaban J connectivity index is 1.76. The SMILES string of the molecule is Cc1ccc(S(=O)(=O)N2CCCC2C(=O)Nc2ccc(CC#N)cc2)cc1. The highest BCUT2D eigenvalue weighted by molar-refractivity contribution is 7.89. The van der Waals surface area contributed by atoms with Crippen LogP contribution in [0.2, 0.25) is 0 Å². The van der Waals surface area contributed by atoms with Gasteiger partial charge in [-0.25, -0.2) is 8.42 Å². The fraction of sp³-hybridized carbons (Fsp3) is 0.300. The number of carbonyl (C=O) groups is 1. The molecule has 1 N–H and O–H groups in total. The second-order valence-electron chi connectivity index (χ2n) is 6.61. The molecule has 1 unspecified atom stereocenters. The lowest BCUT2D eigenvalue weighted by Crippen LogP contribution is -2.43. The monoisotopic (exact) mass is 383 g/mol. The van der Waals surface area contributed by atoms with E-state index in [2.05, 4.69) is 11.4 Å². The molecule has 1 aliphatic heterocycles. The van der Waals surface area contributed by atoms with Crippen LogP contribution >= 0.6 is 0 Å². The lowest BCUT2D eigenvalue weighted by atomic mass is 10.1. The molecule has 1 saturated heterocycles. The van der Waals surface area contributed by atoms with Crippen LogP contribution in [0.25, 0.3) is 0 Å². The van der Waals surface area contributed by atoms with Crippen molar-refractivity contribution < 1.29 is 13.2 Å². The molecule has 1 aliphatic rings. The highest BCUT2D eigenvalue weighted by Crippen LogP contribution is 2.27. The summed E-state index contributed by atoms with van der Waals surface area (Å²) in [5.41, 5.74) is 2.42. The van der Waals surface area contributed by atoms with Crippen molar-refractivity contribution in [2.24, 2.45) is 0 Å². The summed E-state index contributed by atoms with van der Waals surface area (Å²) in [6, 6.07) is 15.0. The summed E-state index contributed by atoms with van der Waals surface area (Å²) in [6.07, 6.45) is 1.44. The lowest BCUT2D eigenvalue weighted by molar-refractivity contribution is -0.119. The average Bonchev–Trinajstić information content (AvgIpc) is 3.15. The van der Waals surface area contributed by atoms with Crippen molar-refractivity contribution in [3.63, 3.8) is 0 Å². The smallest absolute Gasteiger partial charge is 0.243 e. The van der Waals surface area contributed by atoms with E-state index in [1.54, 1.807) is 48.5 Å². The van der Waals surface area contributed by atoms with Crippen molar-refractivity contribution in [3.8, 4) is 6.07 Å². The molecule has 0 aliphatic carbocycles. The van der Waals surface area contributed by atoms with E-state index in [1.807, 2.05) is 6.92 Å². The van der Waals surface area contributed by atoms with Gasteiger partial charge in [0, 0.05) is 12.2 Å². The number of hydrogen-bond acceptors (Lipinski definition) is 4. The standard InChI is InChI=1S/C20H21N3O3S/c1-15-4-10-18(11-5-15)27(25,26)23-14-2-3-19(23)20(24)22-17-8-6-16(7-9-17)12-13-21/h4-11,19H,2-3,12,14H2,1H3,(H,22,24). The fourth-order valence-electron chi connectivity index (χ4n) is 3.16. The summed E-state index contributed by atoms with van der Waals surface area (Å²) in [5, 5.41) is 11.5. The van der Waals surface area contributed by atoms with Crippen molar-refractivity contribution in [1.82, 2.24) is 4.31 Å². The molecule has 1 fully saturated rings. The molecule has 0 spiro atoms. The largest absolute Gasteiger partial charge is 0.325 e. The number of amides is 1. The van der Waals surface area contributed by atoms with Gasteiger partial charge in [-0.3, -0.25) is 4.79 Å². The van der Waals surface area contributed by atoms with Gasteiger partial charge in [-0.1, -0.05) is 29.8 Å². The number of carbonyl (C=O) groups excluding carboxylic acids is 1. The summed E-state index contributed by atoms with van der Waals surface area (Å²) >= 11 is 0. The number of anilines is 1. The average molecular weight is 383 g/mol. The van der Waals surface area contributed by atoms with E-state index >= 15 is 0 Å². The molecule has 0 saturated carbocycles. The van der Waals surface area contributed by atoms with E-state index in [-0.39, 0.29) is 10.8 Å². The van der Waals surface area contributed by atoms with Gasteiger partial charge in [-0.05, 0) is 49.6 Å². The third-order valence-electron chi connectivity index (χ3n) is 4.64. The van der Waals surface area contributed by atoms with Crippen LogP contribution in [0.4, 0.5) is 5.69 Å². The van der Waals surface area contributed by atoms with Gasteiger partial charge in [0.2, 0.25) is 15.9 Å². The fourth-order valence-corrected chi connectivity index (χ4v) is 4.81. The van der Waals surface area contributed by atoms with Crippen LogP contribution in [0.5, 0.6) is 0 Å². The van der Waals surface area contributed by atoms with Crippen LogP contribution in [0.3, 0.4) is 0 Å². The zero-order chi connectivity index (χ0) is 19.4. The first-order valence-electron chi connectivity index (χ1n) is 8.77. The zero-order valence-corrected chi connectivity index (χ0v) is 15.9. The Kier molecular flexibility index (Phi) is 5.59. The minimum absolute atomic E-state index is 0.202. The quantitative estimate of drug-likeness (QED) is 0.860. The number of aryl methyl sites for hydroxylation is 1. The molecule has 27 heavy (non-hydrogen) atoms. The van der Waals surface area contributed by atoms with Gasteiger partial charge in [0.05, 0.1) is 17.4 Å². The molecular weight excluding hydrogens is 362 g/mol. The highest BCUT2D eigenvalue weighted by Gasteiger charge is 2.39. The Labute approximate surface area is 159 Å². The second kappa shape index (κ2) is 7.91. The molecule has 7 heteroatoms. The van der Waals surface area contributed by atoms with E-state index in [0.717, 1.165) is 11.1 Å². The van der Waals surface area contributed by atoms with Crippen LogP contribution in [0.1, 0.15) is 24.0 Å². The summed E-state index contributed by atoms with van der Waals surface area (Å²) in [6.45, 7) is 2.22. The number of nitrogens with zero attached hydrogens (tertiary/aromatic N) is 2. The van der Waals surface area contributed by atoms with Crippen molar-refractivity contribution in [2.45, 2.75) is 37.1 Å². The third-order valence-corrected chi connectivity index (χ3v) is 6.56. The van der Waals surface area contributed by atoms with Gasteiger partial charge in [-0.2, -0.15) is 9.57 Å². The number of hydrogen-bond donors (Lipinski definition) is 1. The Morgan fingerprint density at radius 1 is 1.19 bits per heavy atom. The molecule has 2 aromatic carbocycles. The Hall–Kier alpha value is -2.69. The van der Waals surface area contributed by atoms with E-state index in [4.69, 9.17) is 5.26 Å². The molecule has 0 aromatic heterocycles. The first kappa shape index (κ1) is 19.1. The molecule has 1 amide bonds. The number of benzene rings is 2. The van der Waals surface area contributed by atoms with E-state index < -0.39 is 16.1 Å². The first-order chi connectivity index (χ1) is 12.9. The predicted octanol–water partition coefficient (Wildman–Crippen LogP) is 2.85. The topological polar surface area (TPSA) is 90.3 Å². The number of sulfonamides is 1. The van der Waals surface area contributed by atoms with Gasteiger partial charge in [0.15, 0.2) is 0 Å².